The minimum Gasteiger partial charge on any atom is -0.468 e. The van der Waals surface area contributed by atoms with E-state index in [1.165, 1.54) is 7.11 Å². The number of fused-ring (bicyclic) bond motifs is 2. The molecule has 0 radical (unpaired) electrons. The van der Waals surface area contributed by atoms with Gasteiger partial charge in [-0.1, -0.05) is 30.2 Å². The molecule has 0 spiro atoms. The number of ether oxygens (including phenoxy) is 1. The number of carbonyl (C=O) groups excluding carboxylic acids is 1. The number of carbonyl (C=O) groups is 1. The SMILES string of the molecule is CC#CCn1c(N2CCCC(N)C2)nc2c1c(=O)n(Cc1cc3ccccc3c(C#N)n1)c(=O)n2CC(=O)OC. The van der Waals surface area contributed by atoms with Crippen LogP contribution in [0, 0.1) is 23.2 Å². The number of imidazole rings is 1. The van der Waals surface area contributed by atoms with Gasteiger partial charge in [-0.3, -0.25) is 23.3 Å². The molecule has 1 fully saturated rings. The minimum atomic E-state index is -0.746. The van der Waals surface area contributed by atoms with E-state index >= 15 is 0 Å². The van der Waals surface area contributed by atoms with Gasteiger partial charge < -0.3 is 15.4 Å². The normalized spacial score (nSPS) is 15.1. The monoisotopic (exact) mass is 540 g/mol. The molecule has 12 nitrogen and oxygen atoms in total. The fourth-order valence-electron chi connectivity index (χ4n) is 5.08. The Labute approximate surface area is 229 Å². The number of nitrogens with zero attached hydrogens (tertiary/aromatic N) is 7. The first-order chi connectivity index (χ1) is 19.4. The van der Waals surface area contributed by atoms with Crippen molar-refractivity contribution in [1.82, 2.24) is 23.7 Å². The third kappa shape index (κ3) is 4.81. The Morgan fingerprint density at radius 2 is 2.00 bits per heavy atom. The summed E-state index contributed by atoms with van der Waals surface area (Å²) in [4.78, 5) is 51.2. The molecular weight excluding hydrogens is 512 g/mol. The number of hydrogen-bond donors (Lipinski definition) is 1. The zero-order valence-electron chi connectivity index (χ0n) is 22.3. The van der Waals surface area contributed by atoms with Crippen molar-refractivity contribution in [3.8, 4) is 17.9 Å². The van der Waals surface area contributed by atoms with E-state index in [4.69, 9.17) is 15.5 Å². The highest BCUT2D eigenvalue weighted by atomic mass is 16.5. The van der Waals surface area contributed by atoms with Gasteiger partial charge >= 0.3 is 11.7 Å². The summed E-state index contributed by atoms with van der Waals surface area (Å²) in [5, 5.41) is 11.1. The van der Waals surface area contributed by atoms with Gasteiger partial charge in [0.2, 0.25) is 5.95 Å². The van der Waals surface area contributed by atoms with Crippen molar-refractivity contribution in [3.63, 3.8) is 0 Å². The summed E-state index contributed by atoms with van der Waals surface area (Å²) in [6.45, 7) is 2.37. The van der Waals surface area contributed by atoms with Gasteiger partial charge in [-0.05, 0) is 31.2 Å². The Kier molecular flexibility index (Phi) is 7.36. The Hall–Kier alpha value is -4.94. The van der Waals surface area contributed by atoms with Gasteiger partial charge in [0.1, 0.15) is 18.3 Å². The second kappa shape index (κ2) is 11.0. The predicted octanol–water partition coefficient (Wildman–Crippen LogP) is 0.952. The largest absolute Gasteiger partial charge is 0.468 e. The molecule has 1 saturated heterocycles. The molecule has 1 aromatic carbocycles. The first kappa shape index (κ1) is 26.7. The molecule has 4 heterocycles. The fourth-order valence-corrected chi connectivity index (χ4v) is 5.08. The Morgan fingerprint density at radius 1 is 1.20 bits per heavy atom. The predicted molar refractivity (Wildman–Crippen MR) is 149 cm³/mol. The molecule has 0 bridgehead atoms. The third-order valence-corrected chi connectivity index (χ3v) is 6.98. The second-order valence-corrected chi connectivity index (χ2v) is 9.58. The highest BCUT2D eigenvalue weighted by molar-refractivity contribution is 5.86. The molecule has 0 aliphatic carbocycles. The van der Waals surface area contributed by atoms with Crippen molar-refractivity contribution < 1.29 is 9.53 Å². The lowest BCUT2D eigenvalue weighted by Gasteiger charge is -2.31. The summed E-state index contributed by atoms with van der Waals surface area (Å²) < 4.78 is 8.65. The van der Waals surface area contributed by atoms with Crippen LogP contribution >= 0.6 is 0 Å². The van der Waals surface area contributed by atoms with Crippen LogP contribution in [0.2, 0.25) is 0 Å². The highest BCUT2D eigenvalue weighted by Gasteiger charge is 2.27. The smallest absolute Gasteiger partial charge is 0.333 e. The van der Waals surface area contributed by atoms with Gasteiger partial charge in [0.05, 0.1) is 25.9 Å². The second-order valence-electron chi connectivity index (χ2n) is 9.58. The maximum absolute atomic E-state index is 14.0. The van der Waals surface area contributed by atoms with Crippen LogP contribution in [-0.2, 0) is 29.2 Å². The molecule has 5 rings (SSSR count). The van der Waals surface area contributed by atoms with E-state index in [9.17, 15) is 19.6 Å². The van der Waals surface area contributed by atoms with E-state index in [1.54, 1.807) is 23.6 Å². The first-order valence-corrected chi connectivity index (χ1v) is 12.9. The summed E-state index contributed by atoms with van der Waals surface area (Å²) in [5.41, 5.74) is 5.60. The van der Waals surface area contributed by atoms with Crippen LogP contribution in [0.15, 0.2) is 39.9 Å². The molecule has 1 unspecified atom stereocenters. The minimum absolute atomic E-state index is 0.0629. The van der Waals surface area contributed by atoms with E-state index in [0.29, 0.717) is 30.1 Å². The average molecular weight is 541 g/mol. The van der Waals surface area contributed by atoms with E-state index in [1.807, 2.05) is 23.1 Å². The molecule has 2 N–H and O–H groups in total. The van der Waals surface area contributed by atoms with Gasteiger partial charge in [-0.2, -0.15) is 10.2 Å². The van der Waals surface area contributed by atoms with Gasteiger partial charge in [0.25, 0.3) is 5.56 Å². The van der Waals surface area contributed by atoms with Crippen molar-refractivity contribution in [2.24, 2.45) is 5.73 Å². The van der Waals surface area contributed by atoms with Crippen LogP contribution in [0.4, 0.5) is 5.95 Å². The molecule has 4 aromatic rings. The lowest BCUT2D eigenvalue weighted by Crippen LogP contribution is -2.44. The van der Waals surface area contributed by atoms with Crippen molar-refractivity contribution in [2.45, 2.75) is 45.4 Å². The number of nitriles is 1. The molecule has 0 saturated carbocycles. The van der Waals surface area contributed by atoms with Crippen LogP contribution in [0.5, 0.6) is 0 Å². The topological polar surface area (TPSA) is 154 Å². The maximum Gasteiger partial charge on any atom is 0.333 e. The summed E-state index contributed by atoms with van der Waals surface area (Å²) in [6, 6.07) is 11.0. The number of benzene rings is 1. The Bertz CT molecular complexity index is 1850. The van der Waals surface area contributed by atoms with Gasteiger partial charge in [0.15, 0.2) is 11.2 Å². The molecule has 1 aliphatic rings. The van der Waals surface area contributed by atoms with E-state index < -0.39 is 23.8 Å². The number of nitrogens with two attached hydrogens (primary N) is 1. The van der Waals surface area contributed by atoms with E-state index in [2.05, 4.69) is 22.9 Å². The summed E-state index contributed by atoms with van der Waals surface area (Å²) >= 11 is 0. The number of methoxy groups -OCH3 is 1. The summed E-state index contributed by atoms with van der Waals surface area (Å²) in [7, 11) is 1.22. The molecule has 1 atom stereocenters. The zero-order chi connectivity index (χ0) is 28.4. The van der Waals surface area contributed by atoms with Crippen molar-refractivity contribution in [1.29, 1.82) is 5.26 Å². The Balaban J connectivity index is 1.76. The van der Waals surface area contributed by atoms with Crippen LogP contribution in [-0.4, -0.2) is 55.9 Å². The molecule has 3 aromatic heterocycles. The number of anilines is 1. The molecule has 0 amide bonds. The fraction of sp³-hybridized carbons (Fsp3) is 0.357. The molecule has 40 heavy (non-hydrogen) atoms. The van der Waals surface area contributed by atoms with Gasteiger partial charge in [0, 0.05) is 24.5 Å². The molecule has 1 aliphatic heterocycles. The summed E-state index contributed by atoms with van der Waals surface area (Å²) in [5.74, 6) is 5.62. The third-order valence-electron chi connectivity index (χ3n) is 6.98. The standard InChI is InChI=1S/C28H28N8O4/c1-3-4-12-34-24-25(32-27(34)33-11-7-9-19(30)15-33)35(17-23(37)40-2)28(39)36(26(24)38)16-20-13-18-8-5-6-10-21(18)22(14-29)31-20/h5-6,8,10,13,19H,7,9,11-12,15-17,30H2,1-2H3. The van der Waals surface area contributed by atoms with E-state index in [-0.39, 0.29) is 36.0 Å². The number of hydrogen-bond acceptors (Lipinski definition) is 9. The number of pyridine rings is 1. The van der Waals surface area contributed by atoms with Crippen molar-refractivity contribution in [3.05, 3.63) is 62.6 Å². The Morgan fingerprint density at radius 3 is 2.73 bits per heavy atom. The van der Waals surface area contributed by atoms with Crippen LogP contribution in [0.25, 0.3) is 21.9 Å². The quantitative estimate of drug-likeness (QED) is 0.278. The molecule has 204 valence electrons. The number of piperidine rings is 1. The van der Waals surface area contributed by atoms with Gasteiger partial charge in [-0.25, -0.2) is 9.78 Å². The lowest BCUT2D eigenvalue weighted by atomic mass is 10.1. The lowest BCUT2D eigenvalue weighted by molar-refractivity contribution is -0.141. The van der Waals surface area contributed by atoms with Crippen LogP contribution < -0.4 is 21.9 Å². The van der Waals surface area contributed by atoms with Crippen LogP contribution in [0.1, 0.15) is 31.2 Å². The molecule has 12 heteroatoms. The van der Waals surface area contributed by atoms with Crippen molar-refractivity contribution in [2.75, 3.05) is 25.1 Å². The first-order valence-electron chi connectivity index (χ1n) is 12.9. The molecular formula is C28H28N8O4. The number of rotatable bonds is 6. The number of esters is 1. The van der Waals surface area contributed by atoms with Crippen molar-refractivity contribution >= 4 is 33.9 Å². The van der Waals surface area contributed by atoms with E-state index in [0.717, 1.165) is 27.4 Å². The number of aromatic nitrogens is 5. The maximum atomic E-state index is 14.0. The zero-order valence-corrected chi connectivity index (χ0v) is 22.3. The van der Waals surface area contributed by atoms with Gasteiger partial charge in [-0.15, -0.1) is 5.92 Å². The average Bonchev–Trinajstić information content (AvgIpc) is 3.35. The highest BCUT2D eigenvalue weighted by Crippen LogP contribution is 2.24. The summed E-state index contributed by atoms with van der Waals surface area (Å²) in [6.07, 6.45) is 1.71. The van der Waals surface area contributed by atoms with Crippen LogP contribution in [0.3, 0.4) is 0 Å².